The highest BCUT2D eigenvalue weighted by molar-refractivity contribution is 6.08. The summed E-state index contributed by atoms with van der Waals surface area (Å²) in [7, 11) is 0. The van der Waals surface area contributed by atoms with Crippen molar-refractivity contribution in [3.8, 4) is 0 Å². The van der Waals surface area contributed by atoms with E-state index < -0.39 is 0 Å². The summed E-state index contributed by atoms with van der Waals surface area (Å²) < 4.78 is 5.46. The van der Waals surface area contributed by atoms with Crippen LogP contribution in [0.1, 0.15) is 56.1 Å². The molecule has 22 heavy (non-hydrogen) atoms. The Kier molecular flexibility index (Phi) is 4.11. The van der Waals surface area contributed by atoms with Crippen LogP contribution in [0.15, 0.2) is 17.3 Å². The van der Waals surface area contributed by atoms with Gasteiger partial charge in [0.05, 0.1) is 6.54 Å². The molecule has 1 N–H and O–H groups in total. The Morgan fingerprint density at radius 1 is 1.05 bits per heavy atom. The number of hydrogen-bond donors (Lipinski definition) is 1. The maximum absolute atomic E-state index is 5.46. The van der Waals surface area contributed by atoms with Crippen LogP contribution in [0.3, 0.4) is 0 Å². The Hall–Kier alpha value is -1.42. The zero-order chi connectivity index (χ0) is 14.8. The lowest BCUT2D eigenvalue weighted by Crippen LogP contribution is -2.29. The molecule has 118 valence electrons. The number of hydrogen-bond acceptors (Lipinski definition) is 4. The predicted octanol–water partition coefficient (Wildman–Crippen LogP) is 3.56. The molecule has 1 saturated carbocycles. The number of ether oxygens (including phenoxy) is 1. The van der Waals surface area contributed by atoms with Crippen LogP contribution in [-0.2, 0) is 11.3 Å². The van der Waals surface area contributed by atoms with Gasteiger partial charge in [-0.25, -0.2) is 4.98 Å². The first-order valence-electron chi connectivity index (χ1n) is 8.78. The van der Waals surface area contributed by atoms with Crippen molar-refractivity contribution in [2.45, 2.75) is 57.5 Å². The largest absolute Gasteiger partial charge is 0.381 e. The summed E-state index contributed by atoms with van der Waals surface area (Å²) in [6, 6.07) is 2.63. The van der Waals surface area contributed by atoms with E-state index in [9.17, 15) is 0 Å². The molecule has 4 heteroatoms. The molecular weight excluding hydrogens is 274 g/mol. The molecule has 1 aliphatic carbocycles. The second-order valence-electron chi connectivity index (χ2n) is 6.76. The van der Waals surface area contributed by atoms with Gasteiger partial charge in [-0.1, -0.05) is 19.3 Å². The fraction of sp³-hybridized carbons (Fsp3) is 0.667. The van der Waals surface area contributed by atoms with E-state index in [0.717, 1.165) is 38.4 Å². The maximum Gasteiger partial charge on any atom is 0.135 e. The first-order valence-corrected chi connectivity index (χ1v) is 8.78. The van der Waals surface area contributed by atoms with E-state index in [1.54, 1.807) is 0 Å². The van der Waals surface area contributed by atoms with Crippen LogP contribution in [0.4, 0.5) is 5.82 Å². The Bertz CT molecular complexity index is 557. The summed E-state index contributed by atoms with van der Waals surface area (Å²) in [6.45, 7) is 2.55. The standard InChI is InChI=1S/C18H25N3O/c1-2-4-13(5-3-1)17-16-14(12-20-17)6-9-19-18(16)21-15-7-10-22-11-8-15/h6,9,13,15H,1-5,7-8,10-12H2,(H,19,21). The van der Waals surface area contributed by atoms with Crippen LogP contribution in [0.5, 0.6) is 0 Å². The highest BCUT2D eigenvalue weighted by Crippen LogP contribution is 2.35. The van der Waals surface area contributed by atoms with E-state index in [4.69, 9.17) is 9.73 Å². The number of aromatic nitrogens is 1. The minimum absolute atomic E-state index is 0.487. The summed E-state index contributed by atoms with van der Waals surface area (Å²) in [4.78, 5) is 9.55. The normalized spacial score (nSPS) is 23.2. The minimum Gasteiger partial charge on any atom is -0.381 e. The molecule has 0 aromatic carbocycles. The molecule has 1 aromatic heterocycles. The third-order valence-electron chi connectivity index (χ3n) is 5.27. The molecule has 2 fully saturated rings. The summed E-state index contributed by atoms with van der Waals surface area (Å²) in [5.41, 5.74) is 4.00. The van der Waals surface area contributed by atoms with Crippen molar-refractivity contribution in [3.63, 3.8) is 0 Å². The molecule has 0 radical (unpaired) electrons. The van der Waals surface area contributed by atoms with E-state index in [1.807, 2.05) is 6.20 Å². The van der Waals surface area contributed by atoms with Crippen LogP contribution < -0.4 is 5.32 Å². The number of nitrogens with zero attached hydrogens (tertiary/aromatic N) is 2. The Labute approximate surface area is 132 Å². The van der Waals surface area contributed by atoms with Gasteiger partial charge in [-0.2, -0.15) is 0 Å². The second kappa shape index (κ2) is 6.37. The van der Waals surface area contributed by atoms with Gasteiger partial charge in [0.25, 0.3) is 0 Å². The molecule has 4 rings (SSSR count). The predicted molar refractivity (Wildman–Crippen MR) is 88.5 cm³/mol. The van der Waals surface area contributed by atoms with Gasteiger partial charge < -0.3 is 10.1 Å². The van der Waals surface area contributed by atoms with Crippen molar-refractivity contribution >= 4 is 11.5 Å². The van der Waals surface area contributed by atoms with Crippen molar-refractivity contribution in [1.29, 1.82) is 0 Å². The molecule has 3 heterocycles. The fourth-order valence-corrected chi connectivity index (χ4v) is 4.02. The van der Waals surface area contributed by atoms with Gasteiger partial charge in [-0.05, 0) is 37.3 Å². The van der Waals surface area contributed by atoms with Crippen LogP contribution in [0.25, 0.3) is 0 Å². The van der Waals surface area contributed by atoms with Gasteiger partial charge in [-0.3, -0.25) is 4.99 Å². The average molecular weight is 299 g/mol. The van der Waals surface area contributed by atoms with E-state index in [2.05, 4.69) is 16.4 Å². The molecule has 0 unspecified atom stereocenters. The lowest BCUT2D eigenvalue weighted by molar-refractivity contribution is 0.0904. The van der Waals surface area contributed by atoms with Crippen molar-refractivity contribution in [3.05, 3.63) is 23.4 Å². The lowest BCUT2D eigenvalue weighted by Gasteiger charge is -2.26. The van der Waals surface area contributed by atoms with Gasteiger partial charge in [0.2, 0.25) is 0 Å². The highest BCUT2D eigenvalue weighted by Gasteiger charge is 2.29. The van der Waals surface area contributed by atoms with Crippen LogP contribution >= 0.6 is 0 Å². The summed E-state index contributed by atoms with van der Waals surface area (Å²) in [5, 5.41) is 3.68. The molecule has 0 atom stereocenters. The molecule has 0 amide bonds. The number of nitrogens with one attached hydrogen (secondary N) is 1. The third kappa shape index (κ3) is 2.76. The number of anilines is 1. The lowest BCUT2D eigenvalue weighted by atomic mass is 9.83. The summed E-state index contributed by atoms with van der Waals surface area (Å²) in [5.74, 6) is 1.71. The first-order chi connectivity index (χ1) is 10.9. The summed E-state index contributed by atoms with van der Waals surface area (Å²) in [6.07, 6.45) is 10.7. The smallest absolute Gasteiger partial charge is 0.135 e. The van der Waals surface area contributed by atoms with E-state index >= 15 is 0 Å². The molecule has 0 spiro atoms. The number of pyridine rings is 1. The number of fused-ring (bicyclic) bond motifs is 1. The van der Waals surface area contributed by atoms with Crippen molar-refractivity contribution in [2.75, 3.05) is 18.5 Å². The Morgan fingerprint density at radius 2 is 1.86 bits per heavy atom. The van der Waals surface area contributed by atoms with E-state index in [1.165, 1.54) is 48.9 Å². The van der Waals surface area contributed by atoms with Gasteiger partial charge in [0.1, 0.15) is 5.82 Å². The van der Waals surface area contributed by atoms with Gasteiger partial charge >= 0.3 is 0 Å². The van der Waals surface area contributed by atoms with Crippen molar-refractivity contribution in [1.82, 2.24) is 4.98 Å². The molecule has 1 aromatic rings. The average Bonchev–Trinajstić information content (AvgIpc) is 3.02. The van der Waals surface area contributed by atoms with E-state index in [0.29, 0.717) is 12.0 Å². The zero-order valence-corrected chi connectivity index (χ0v) is 13.2. The molecular formula is C18H25N3O. The minimum atomic E-state index is 0.487. The topological polar surface area (TPSA) is 46.5 Å². The molecule has 1 saturated heterocycles. The first kappa shape index (κ1) is 14.2. The van der Waals surface area contributed by atoms with Gasteiger partial charge in [0.15, 0.2) is 0 Å². The van der Waals surface area contributed by atoms with Crippen LogP contribution in [0, 0.1) is 5.92 Å². The molecule has 2 aliphatic heterocycles. The Balaban J connectivity index is 1.58. The Morgan fingerprint density at radius 3 is 2.68 bits per heavy atom. The third-order valence-corrected chi connectivity index (χ3v) is 5.27. The zero-order valence-electron chi connectivity index (χ0n) is 13.2. The SMILES string of the molecule is c1cc2c(c(NC3CCOCC3)n1)C(C1CCCCC1)=NC2. The molecule has 3 aliphatic rings. The van der Waals surface area contributed by atoms with Gasteiger partial charge in [-0.15, -0.1) is 0 Å². The monoisotopic (exact) mass is 299 g/mol. The quantitative estimate of drug-likeness (QED) is 0.928. The fourth-order valence-electron chi connectivity index (χ4n) is 4.02. The van der Waals surface area contributed by atoms with Crippen molar-refractivity contribution in [2.24, 2.45) is 10.9 Å². The second-order valence-corrected chi connectivity index (χ2v) is 6.76. The van der Waals surface area contributed by atoms with E-state index in [-0.39, 0.29) is 0 Å². The van der Waals surface area contributed by atoms with Crippen LogP contribution in [0.2, 0.25) is 0 Å². The number of aliphatic imine (C=N–C) groups is 1. The maximum atomic E-state index is 5.46. The molecule has 0 bridgehead atoms. The number of rotatable bonds is 3. The van der Waals surface area contributed by atoms with Crippen LogP contribution in [-0.4, -0.2) is 30.0 Å². The molecule has 4 nitrogen and oxygen atoms in total. The van der Waals surface area contributed by atoms with Crippen molar-refractivity contribution < 1.29 is 4.74 Å². The summed E-state index contributed by atoms with van der Waals surface area (Å²) >= 11 is 0. The highest BCUT2D eigenvalue weighted by atomic mass is 16.5. The van der Waals surface area contributed by atoms with Gasteiger partial charge in [0, 0.05) is 42.6 Å².